The van der Waals surface area contributed by atoms with Crippen LogP contribution in [0.4, 0.5) is 5.69 Å². The molecule has 0 radical (unpaired) electrons. The first-order chi connectivity index (χ1) is 8.35. The van der Waals surface area contributed by atoms with E-state index >= 15 is 0 Å². The van der Waals surface area contributed by atoms with Crippen LogP contribution in [-0.4, -0.2) is 27.2 Å². The molecule has 8 heteroatoms. The van der Waals surface area contributed by atoms with Crippen LogP contribution < -0.4 is 4.72 Å². The summed E-state index contributed by atoms with van der Waals surface area (Å²) >= 11 is 9.01. The Morgan fingerprint density at radius 1 is 1.50 bits per heavy atom. The van der Waals surface area contributed by atoms with Crippen LogP contribution in [0.1, 0.15) is 6.42 Å². The molecule has 5 nitrogen and oxygen atoms in total. The van der Waals surface area contributed by atoms with Crippen molar-refractivity contribution in [3.05, 3.63) is 27.7 Å². The standard InChI is InChI=1S/C10H11BrClNO4S/c1-17-9(14)5-6-18(15,16)13-8-4-2-3-7(12)10(8)11/h2-4,13H,5-6H2,1H3. The molecule has 1 aromatic carbocycles. The van der Waals surface area contributed by atoms with Crippen LogP contribution in [0.25, 0.3) is 0 Å². The minimum atomic E-state index is -3.62. The highest BCUT2D eigenvalue weighted by molar-refractivity contribution is 9.10. The maximum absolute atomic E-state index is 11.7. The van der Waals surface area contributed by atoms with Crippen LogP contribution in [0, 0.1) is 0 Å². The Morgan fingerprint density at radius 3 is 2.78 bits per heavy atom. The molecular formula is C10H11BrClNO4S. The number of halogens is 2. The molecule has 0 amide bonds. The Bertz CT molecular complexity index is 547. The van der Waals surface area contributed by atoms with Crippen LogP contribution in [0.5, 0.6) is 0 Å². The molecule has 0 aliphatic heterocycles. The summed E-state index contributed by atoms with van der Waals surface area (Å²) in [5, 5.41) is 0.392. The van der Waals surface area contributed by atoms with E-state index in [1.807, 2.05) is 0 Å². The first kappa shape index (κ1) is 15.3. The molecule has 0 fully saturated rings. The second-order valence-electron chi connectivity index (χ2n) is 3.35. The van der Waals surface area contributed by atoms with Gasteiger partial charge in [0.1, 0.15) is 0 Å². The van der Waals surface area contributed by atoms with E-state index in [0.29, 0.717) is 15.2 Å². The van der Waals surface area contributed by atoms with Gasteiger partial charge in [0, 0.05) is 0 Å². The number of carbonyl (C=O) groups is 1. The number of hydrogen-bond donors (Lipinski definition) is 1. The number of anilines is 1. The average molecular weight is 357 g/mol. The molecule has 0 unspecified atom stereocenters. The molecule has 0 heterocycles. The lowest BCUT2D eigenvalue weighted by atomic mass is 10.3. The molecule has 0 aliphatic rings. The van der Waals surface area contributed by atoms with Crippen LogP contribution >= 0.6 is 27.5 Å². The predicted molar refractivity (Wildman–Crippen MR) is 73.2 cm³/mol. The van der Waals surface area contributed by atoms with E-state index in [-0.39, 0.29) is 12.2 Å². The first-order valence-electron chi connectivity index (χ1n) is 4.87. The normalized spacial score (nSPS) is 11.1. The average Bonchev–Trinajstić information content (AvgIpc) is 2.32. The van der Waals surface area contributed by atoms with Crippen molar-refractivity contribution in [2.45, 2.75) is 6.42 Å². The lowest BCUT2D eigenvalue weighted by Gasteiger charge is -2.09. The molecule has 0 aromatic heterocycles. The summed E-state index contributed by atoms with van der Waals surface area (Å²) in [5.41, 5.74) is 0.326. The highest BCUT2D eigenvalue weighted by Crippen LogP contribution is 2.30. The molecule has 0 saturated heterocycles. The van der Waals surface area contributed by atoms with Crippen molar-refractivity contribution in [1.82, 2.24) is 0 Å². The van der Waals surface area contributed by atoms with Gasteiger partial charge in [0.15, 0.2) is 0 Å². The zero-order valence-electron chi connectivity index (χ0n) is 9.44. The Hall–Kier alpha value is -0.790. The highest BCUT2D eigenvalue weighted by atomic mass is 79.9. The van der Waals surface area contributed by atoms with E-state index < -0.39 is 16.0 Å². The van der Waals surface area contributed by atoms with Crippen LogP contribution in [-0.2, 0) is 19.6 Å². The number of rotatable bonds is 5. The topological polar surface area (TPSA) is 72.5 Å². The second kappa shape index (κ2) is 6.40. The van der Waals surface area contributed by atoms with Gasteiger partial charge in [0.2, 0.25) is 10.0 Å². The predicted octanol–water partition coefficient (Wildman–Crippen LogP) is 2.41. The van der Waals surface area contributed by atoms with Gasteiger partial charge < -0.3 is 4.74 Å². The van der Waals surface area contributed by atoms with Gasteiger partial charge in [-0.25, -0.2) is 8.42 Å². The largest absolute Gasteiger partial charge is 0.469 e. The minimum Gasteiger partial charge on any atom is -0.469 e. The monoisotopic (exact) mass is 355 g/mol. The van der Waals surface area contributed by atoms with Crippen molar-refractivity contribution in [1.29, 1.82) is 0 Å². The zero-order valence-corrected chi connectivity index (χ0v) is 12.6. The molecule has 1 aromatic rings. The molecule has 18 heavy (non-hydrogen) atoms. The van der Waals surface area contributed by atoms with Crippen LogP contribution in [0.15, 0.2) is 22.7 Å². The Balaban J connectivity index is 2.77. The third-order valence-electron chi connectivity index (χ3n) is 2.02. The van der Waals surface area contributed by atoms with E-state index in [4.69, 9.17) is 11.6 Å². The van der Waals surface area contributed by atoms with Crippen molar-refractivity contribution in [2.75, 3.05) is 17.6 Å². The van der Waals surface area contributed by atoms with Gasteiger partial charge in [-0.1, -0.05) is 17.7 Å². The summed E-state index contributed by atoms with van der Waals surface area (Å²) in [6.45, 7) is 0. The van der Waals surface area contributed by atoms with Gasteiger partial charge in [-0.05, 0) is 28.1 Å². The van der Waals surface area contributed by atoms with E-state index in [0.717, 1.165) is 0 Å². The van der Waals surface area contributed by atoms with Gasteiger partial charge in [-0.15, -0.1) is 0 Å². The number of nitrogens with one attached hydrogen (secondary N) is 1. The molecule has 1 N–H and O–H groups in total. The van der Waals surface area contributed by atoms with Crippen LogP contribution in [0.2, 0.25) is 5.02 Å². The molecule has 0 bridgehead atoms. The second-order valence-corrected chi connectivity index (χ2v) is 6.39. The highest BCUT2D eigenvalue weighted by Gasteiger charge is 2.15. The zero-order chi connectivity index (χ0) is 13.8. The van der Waals surface area contributed by atoms with Crippen molar-refractivity contribution in [3.8, 4) is 0 Å². The van der Waals surface area contributed by atoms with Gasteiger partial charge >= 0.3 is 5.97 Å². The third-order valence-corrected chi connectivity index (χ3v) is 4.69. The fraction of sp³-hybridized carbons (Fsp3) is 0.300. The number of esters is 1. The van der Waals surface area contributed by atoms with E-state index in [1.54, 1.807) is 18.2 Å². The lowest BCUT2D eigenvalue weighted by molar-refractivity contribution is -0.140. The third kappa shape index (κ3) is 4.47. The SMILES string of the molecule is COC(=O)CCS(=O)(=O)Nc1cccc(Cl)c1Br. The maximum atomic E-state index is 11.7. The molecule has 0 spiro atoms. The van der Waals surface area contributed by atoms with Gasteiger partial charge in [0.05, 0.1) is 34.5 Å². The van der Waals surface area contributed by atoms with Gasteiger partial charge in [-0.3, -0.25) is 9.52 Å². The fourth-order valence-electron chi connectivity index (χ4n) is 1.12. The summed E-state index contributed by atoms with van der Waals surface area (Å²) in [6, 6.07) is 4.80. The summed E-state index contributed by atoms with van der Waals surface area (Å²) in [7, 11) is -2.41. The summed E-state index contributed by atoms with van der Waals surface area (Å²) in [5.74, 6) is -0.927. The Morgan fingerprint density at radius 2 is 2.17 bits per heavy atom. The van der Waals surface area contributed by atoms with Gasteiger partial charge in [-0.2, -0.15) is 0 Å². The number of carbonyl (C=O) groups excluding carboxylic acids is 1. The van der Waals surface area contributed by atoms with Crippen molar-refractivity contribution in [2.24, 2.45) is 0 Å². The minimum absolute atomic E-state index is 0.204. The van der Waals surface area contributed by atoms with Crippen LogP contribution in [0.3, 0.4) is 0 Å². The number of benzene rings is 1. The lowest BCUT2D eigenvalue weighted by Crippen LogP contribution is -2.19. The molecule has 1 rings (SSSR count). The van der Waals surface area contributed by atoms with E-state index in [9.17, 15) is 13.2 Å². The number of sulfonamides is 1. The summed E-state index contributed by atoms with van der Waals surface area (Å²) in [4.78, 5) is 10.9. The smallest absolute Gasteiger partial charge is 0.306 e. The Labute approximate surface area is 119 Å². The first-order valence-corrected chi connectivity index (χ1v) is 7.69. The fourth-order valence-corrected chi connectivity index (χ4v) is 2.83. The molecular weight excluding hydrogens is 346 g/mol. The number of methoxy groups -OCH3 is 1. The van der Waals surface area contributed by atoms with E-state index in [1.165, 1.54) is 7.11 Å². The summed E-state index contributed by atoms with van der Waals surface area (Å²) in [6.07, 6.45) is -0.204. The molecule has 0 saturated carbocycles. The Kier molecular flexibility index (Phi) is 5.43. The molecule has 0 atom stereocenters. The quantitative estimate of drug-likeness (QED) is 0.822. The number of ether oxygens (including phenoxy) is 1. The molecule has 0 aliphatic carbocycles. The summed E-state index contributed by atoms with van der Waals surface area (Å²) < 4.78 is 30.6. The maximum Gasteiger partial charge on any atom is 0.306 e. The van der Waals surface area contributed by atoms with E-state index in [2.05, 4.69) is 25.4 Å². The number of hydrogen-bond acceptors (Lipinski definition) is 4. The van der Waals surface area contributed by atoms with Crippen molar-refractivity contribution >= 4 is 49.2 Å². The molecule has 100 valence electrons. The van der Waals surface area contributed by atoms with Gasteiger partial charge in [0.25, 0.3) is 0 Å². The van der Waals surface area contributed by atoms with Crippen molar-refractivity contribution in [3.63, 3.8) is 0 Å². The van der Waals surface area contributed by atoms with Crippen molar-refractivity contribution < 1.29 is 17.9 Å².